The third-order valence-electron chi connectivity index (χ3n) is 6.15. The molecule has 33 heavy (non-hydrogen) atoms. The molecule has 0 unspecified atom stereocenters. The molecular formula is C29H36N3O+. The molecule has 2 heterocycles. The van der Waals surface area contributed by atoms with Crippen molar-refractivity contribution in [2.45, 2.75) is 71.4 Å². The molecule has 0 aliphatic carbocycles. The molecule has 0 radical (unpaired) electrons. The Bertz CT molecular complexity index is 1080. The predicted molar refractivity (Wildman–Crippen MR) is 134 cm³/mol. The van der Waals surface area contributed by atoms with E-state index < -0.39 is 0 Å². The second-order valence-electron chi connectivity index (χ2n) is 8.89. The maximum absolute atomic E-state index is 5.98. The Morgan fingerprint density at radius 3 is 2.30 bits per heavy atom. The zero-order chi connectivity index (χ0) is 22.7. The third kappa shape index (κ3) is 6.92. The van der Waals surface area contributed by atoms with E-state index in [1.54, 1.807) is 6.20 Å². The van der Waals surface area contributed by atoms with Gasteiger partial charge in [-0.25, -0.2) is 14.1 Å². The molecule has 0 atom stereocenters. The summed E-state index contributed by atoms with van der Waals surface area (Å²) >= 11 is 0. The smallest absolute Gasteiger partial charge is 0.244 e. The van der Waals surface area contributed by atoms with Crippen molar-refractivity contribution in [2.75, 3.05) is 0 Å². The number of nitrogens with zero attached hydrogens (tertiary/aromatic N) is 3. The van der Waals surface area contributed by atoms with Gasteiger partial charge in [-0.2, -0.15) is 0 Å². The van der Waals surface area contributed by atoms with Gasteiger partial charge in [0.15, 0.2) is 5.76 Å². The van der Waals surface area contributed by atoms with Crippen molar-refractivity contribution in [3.63, 3.8) is 0 Å². The molecule has 0 N–H and O–H groups in total. The summed E-state index contributed by atoms with van der Waals surface area (Å²) < 4.78 is 10.5. The summed E-state index contributed by atoms with van der Waals surface area (Å²) in [6, 6.07) is 18.6. The minimum atomic E-state index is 0.657. The number of oxazole rings is 1. The number of hydrogen-bond donors (Lipinski definition) is 0. The van der Waals surface area contributed by atoms with E-state index >= 15 is 0 Å². The number of benzene rings is 2. The minimum Gasteiger partial charge on any atom is -0.436 e. The molecule has 4 rings (SSSR count). The summed E-state index contributed by atoms with van der Waals surface area (Å²) in [4.78, 5) is 4.46. The first-order chi connectivity index (χ1) is 16.3. The lowest BCUT2D eigenvalue weighted by Crippen LogP contribution is -2.30. The van der Waals surface area contributed by atoms with E-state index in [1.807, 2.05) is 30.3 Å². The van der Waals surface area contributed by atoms with Crippen LogP contribution >= 0.6 is 0 Å². The first-order valence-electron chi connectivity index (χ1n) is 12.5. The lowest BCUT2D eigenvalue weighted by atomic mass is 10.1. The minimum absolute atomic E-state index is 0.657. The third-order valence-corrected chi connectivity index (χ3v) is 6.15. The Morgan fingerprint density at radius 2 is 1.55 bits per heavy atom. The summed E-state index contributed by atoms with van der Waals surface area (Å²) in [5, 5.41) is 0. The van der Waals surface area contributed by atoms with Crippen LogP contribution in [0.25, 0.3) is 22.8 Å². The Balaban J connectivity index is 1.24. The van der Waals surface area contributed by atoms with Crippen LogP contribution in [0.3, 0.4) is 0 Å². The van der Waals surface area contributed by atoms with Crippen molar-refractivity contribution in [1.29, 1.82) is 0 Å². The zero-order valence-electron chi connectivity index (χ0n) is 19.8. The van der Waals surface area contributed by atoms with Gasteiger partial charge >= 0.3 is 0 Å². The molecule has 0 aliphatic rings. The first kappa shape index (κ1) is 23.0. The molecule has 2 aromatic heterocycles. The second-order valence-corrected chi connectivity index (χ2v) is 8.89. The maximum Gasteiger partial charge on any atom is 0.244 e. The number of hydrogen-bond acceptors (Lipinski definition) is 2. The molecule has 0 amide bonds. The number of unbranched alkanes of at least 4 members (excludes halogenated alkanes) is 7. The highest BCUT2D eigenvalue weighted by Gasteiger charge is 2.09. The van der Waals surface area contributed by atoms with Gasteiger partial charge < -0.3 is 4.42 Å². The van der Waals surface area contributed by atoms with Crippen LogP contribution in [-0.4, -0.2) is 9.55 Å². The molecule has 0 aliphatic heterocycles. The highest BCUT2D eigenvalue weighted by molar-refractivity contribution is 5.61. The number of aromatic nitrogens is 3. The van der Waals surface area contributed by atoms with E-state index in [9.17, 15) is 0 Å². The molecule has 0 fully saturated rings. The van der Waals surface area contributed by atoms with Crippen LogP contribution in [0.1, 0.15) is 63.9 Å². The normalized spacial score (nSPS) is 11.2. The fourth-order valence-corrected chi connectivity index (χ4v) is 4.20. The SMILES string of the molecule is CCCCCCCCCC[n+]1ccn(Cc2ccc(-c3ncc(-c4ccccc4)o3)cc2)c1. The standard InChI is InChI=1S/C29H36N3O/c1-2-3-4-5-6-7-8-12-19-31-20-21-32(24-31)23-25-15-17-27(18-16-25)29-30-22-28(33-29)26-13-10-9-11-14-26/h9-11,13-18,20-22,24H,2-8,12,19,23H2,1H3/q+1. The first-order valence-corrected chi connectivity index (χ1v) is 12.5. The van der Waals surface area contributed by atoms with Crippen molar-refractivity contribution < 1.29 is 8.98 Å². The van der Waals surface area contributed by atoms with E-state index in [-0.39, 0.29) is 0 Å². The molecule has 0 saturated carbocycles. The molecule has 0 spiro atoms. The monoisotopic (exact) mass is 442 g/mol. The quantitative estimate of drug-likeness (QED) is 0.161. The topological polar surface area (TPSA) is 34.8 Å². The molecule has 2 aromatic carbocycles. The van der Waals surface area contributed by atoms with Gasteiger partial charge in [0.2, 0.25) is 12.2 Å². The van der Waals surface area contributed by atoms with E-state index in [2.05, 4.69) is 64.0 Å². The molecule has 172 valence electrons. The molecule has 0 saturated heterocycles. The molecule has 4 aromatic rings. The van der Waals surface area contributed by atoms with Crippen LogP contribution in [0.4, 0.5) is 0 Å². The van der Waals surface area contributed by atoms with Crippen molar-refractivity contribution in [2.24, 2.45) is 0 Å². The number of aryl methyl sites for hydroxylation is 1. The summed E-state index contributed by atoms with van der Waals surface area (Å²) in [6.45, 7) is 4.25. The Morgan fingerprint density at radius 1 is 0.818 bits per heavy atom. The predicted octanol–water partition coefficient (Wildman–Crippen LogP) is 7.29. The fourth-order valence-electron chi connectivity index (χ4n) is 4.20. The van der Waals surface area contributed by atoms with E-state index in [0.717, 1.165) is 30.0 Å². The highest BCUT2D eigenvalue weighted by Crippen LogP contribution is 2.26. The van der Waals surface area contributed by atoms with Gasteiger partial charge in [-0.3, -0.25) is 0 Å². The van der Waals surface area contributed by atoms with Crippen LogP contribution < -0.4 is 4.57 Å². The Hall–Kier alpha value is -3.14. The van der Waals surface area contributed by atoms with Crippen LogP contribution in [0.5, 0.6) is 0 Å². The van der Waals surface area contributed by atoms with Gasteiger partial charge in [0.05, 0.1) is 12.7 Å². The highest BCUT2D eigenvalue weighted by atomic mass is 16.4. The molecule has 0 bridgehead atoms. The van der Waals surface area contributed by atoms with Gasteiger partial charge in [0.25, 0.3) is 0 Å². The zero-order valence-corrected chi connectivity index (χ0v) is 19.8. The lowest BCUT2D eigenvalue weighted by Gasteiger charge is -2.01. The molecule has 4 heteroatoms. The summed E-state index contributed by atoms with van der Waals surface area (Å²) in [6.07, 6.45) is 19.2. The largest absolute Gasteiger partial charge is 0.436 e. The summed E-state index contributed by atoms with van der Waals surface area (Å²) in [5.41, 5.74) is 3.31. The maximum atomic E-state index is 5.98. The van der Waals surface area contributed by atoms with Gasteiger partial charge in [-0.1, -0.05) is 87.9 Å². The number of rotatable bonds is 13. The molecule has 4 nitrogen and oxygen atoms in total. The van der Waals surface area contributed by atoms with E-state index in [1.165, 1.54) is 56.9 Å². The van der Waals surface area contributed by atoms with Crippen LogP contribution in [0.2, 0.25) is 0 Å². The van der Waals surface area contributed by atoms with Crippen molar-refractivity contribution in [1.82, 2.24) is 9.55 Å². The summed E-state index contributed by atoms with van der Waals surface area (Å²) in [7, 11) is 0. The van der Waals surface area contributed by atoms with Crippen LogP contribution in [0.15, 0.2) is 83.9 Å². The molecular weight excluding hydrogens is 406 g/mol. The number of imidazole rings is 1. The average molecular weight is 443 g/mol. The Labute approximate surface area is 197 Å². The fraction of sp³-hybridized carbons (Fsp3) is 0.379. The van der Waals surface area contributed by atoms with Crippen molar-refractivity contribution in [3.8, 4) is 22.8 Å². The van der Waals surface area contributed by atoms with Gasteiger partial charge in [0.1, 0.15) is 18.9 Å². The Kier molecular flexibility index (Phi) is 8.51. The van der Waals surface area contributed by atoms with Gasteiger partial charge in [-0.05, 0) is 30.5 Å². The summed E-state index contributed by atoms with van der Waals surface area (Å²) in [5.74, 6) is 1.45. The van der Waals surface area contributed by atoms with E-state index in [0.29, 0.717) is 5.89 Å². The van der Waals surface area contributed by atoms with Crippen LogP contribution in [-0.2, 0) is 13.1 Å². The van der Waals surface area contributed by atoms with Gasteiger partial charge in [0, 0.05) is 11.1 Å². The van der Waals surface area contributed by atoms with E-state index in [4.69, 9.17) is 4.42 Å². The van der Waals surface area contributed by atoms with Crippen molar-refractivity contribution in [3.05, 3.63) is 85.1 Å². The lowest BCUT2D eigenvalue weighted by molar-refractivity contribution is -0.696. The average Bonchev–Trinajstić information content (AvgIpc) is 3.52. The van der Waals surface area contributed by atoms with Crippen molar-refractivity contribution >= 4 is 0 Å². The van der Waals surface area contributed by atoms with Crippen LogP contribution in [0, 0.1) is 0 Å². The second kappa shape index (κ2) is 12.2. The van der Waals surface area contributed by atoms with Gasteiger partial charge in [-0.15, -0.1) is 0 Å².